The molecule has 0 saturated carbocycles. The van der Waals surface area contributed by atoms with Crippen LogP contribution in [0.25, 0.3) is 20.2 Å². The Hall–Kier alpha value is -3.74. The highest BCUT2D eigenvalue weighted by Crippen LogP contribution is 2.38. The van der Waals surface area contributed by atoms with Crippen molar-refractivity contribution < 1.29 is 19.3 Å². The number of hydrogen-bond donors (Lipinski definition) is 3. The molecule has 0 fully saturated rings. The molecule has 9 nitrogen and oxygen atoms in total. The van der Waals surface area contributed by atoms with Crippen molar-refractivity contribution in [2.45, 2.75) is 0 Å². The molecule has 5 aromatic rings. The van der Waals surface area contributed by atoms with E-state index < -0.39 is 22.6 Å². The van der Waals surface area contributed by atoms with Gasteiger partial charge in [0, 0.05) is 48.6 Å². The number of hydrogen-bond acceptors (Lipinski definition) is 7. The van der Waals surface area contributed by atoms with Crippen LogP contribution in [-0.4, -0.2) is 22.6 Å². The molecule has 3 N–H and O–H groups in total. The van der Waals surface area contributed by atoms with Gasteiger partial charge in [0.2, 0.25) is 0 Å². The van der Waals surface area contributed by atoms with Gasteiger partial charge in [0.05, 0.1) is 15.0 Å². The van der Waals surface area contributed by atoms with Crippen molar-refractivity contribution >= 4 is 107 Å². The number of thiophene rings is 2. The average molecular weight is 620 g/mol. The first kappa shape index (κ1) is 26.9. The van der Waals surface area contributed by atoms with E-state index in [1.165, 1.54) is 42.5 Å². The van der Waals surface area contributed by atoms with Gasteiger partial charge >= 0.3 is 0 Å². The lowest BCUT2D eigenvalue weighted by Crippen LogP contribution is -2.41. The zero-order chi connectivity index (χ0) is 27.8. The molecule has 39 heavy (non-hydrogen) atoms. The maximum absolute atomic E-state index is 12.8. The SMILES string of the molecule is O=C(NNC(=O)c1sc2cc(Cl)ccc2c1Cl)c1ccc(NC(=O)c2sc3cc([N+](=O)[O-])ccc3c2Cl)cc1. The van der Waals surface area contributed by atoms with Gasteiger partial charge in [-0.2, -0.15) is 0 Å². The molecular weight excluding hydrogens is 607 g/mol. The van der Waals surface area contributed by atoms with E-state index in [1.807, 2.05) is 0 Å². The zero-order valence-corrected chi connectivity index (χ0v) is 23.1. The number of hydrazine groups is 1. The number of fused-ring (bicyclic) bond motifs is 2. The average Bonchev–Trinajstić information content (AvgIpc) is 3.43. The van der Waals surface area contributed by atoms with Crippen LogP contribution in [0.1, 0.15) is 29.7 Å². The van der Waals surface area contributed by atoms with Crippen molar-refractivity contribution in [3.8, 4) is 0 Å². The van der Waals surface area contributed by atoms with Crippen LogP contribution in [0.2, 0.25) is 15.1 Å². The van der Waals surface area contributed by atoms with Crippen molar-refractivity contribution in [2.24, 2.45) is 0 Å². The Morgan fingerprint density at radius 3 is 1.92 bits per heavy atom. The van der Waals surface area contributed by atoms with E-state index in [1.54, 1.807) is 18.2 Å². The number of nitrogens with one attached hydrogen (secondary N) is 3. The first-order valence-corrected chi connectivity index (χ1v) is 13.6. The molecule has 0 atom stereocenters. The lowest BCUT2D eigenvalue weighted by molar-refractivity contribution is -0.384. The van der Waals surface area contributed by atoms with Gasteiger partial charge in [-0.05, 0) is 42.5 Å². The number of nitro benzene ring substituents is 1. The Morgan fingerprint density at radius 1 is 0.718 bits per heavy atom. The fourth-order valence-corrected chi connectivity index (χ4v) is 6.77. The maximum atomic E-state index is 12.8. The standard InChI is InChI=1S/C25H13Cl3N4O5S2/c26-12-3-7-15-17(9-12)38-22(20(15)28)25(35)31-30-23(33)11-1-4-13(5-2-11)29-24(34)21-19(27)16-8-6-14(32(36)37)10-18(16)39-21/h1-10H,(H,29,34)(H,30,33)(H,31,35). The number of rotatable bonds is 5. The number of carbonyl (C=O) groups excluding carboxylic acids is 3. The van der Waals surface area contributed by atoms with Gasteiger partial charge in [-0.15, -0.1) is 22.7 Å². The summed E-state index contributed by atoms with van der Waals surface area (Å²) in [6, 6.07) is 15.2. The first-order chi connectivity index (χ1) is 18.6. The van der Waals surface area contributed by atoms with Gasteiger partial charge in [0.25, 0.3) is 23.4 Å². The van der Waals surface area contributed by atoms with E-state index in [0.717, 1.165) is 27.4 Å². The van der Waals surface area contributed by atoms with E-state index >= 15 is 0 Å². The fraction of sp³-hybridized carbons (Fsp3) is 0. The molecule has 3 aromatic carbocycles. The molecule has 14 heteroatoms. The minimum absolute atomic E-state index is 0.103. The lowest BCUT2D eigenvalue weighted by atomic mass is 10.2. The second kappa shape index (κ2) is 10.8. The van der Waals surface area contributed by atoms with Gasteiger partial charge in [-0.1, -0.05) is 40.9 Å². The molecule has 0 aliphatic carbocycles. The number of non-ortho nitro benzene ring substituents is 1. The first-order valence-electron chi connectivity index (χ1n) is 10.9. The highest BCUT2D eigenvalue weighted by molar-refractivity contribution is 7.22. The predicted octanol–water partition coefficient (Wildman–Crippen LogP) is 7.31. The number of anilines is 1. The van der Waals surface area contributed by atoms with E-state index in [4.69, 9.17) is 34.8 Å². The van der Waals surface area contributed by atoms with Gasteiger partial charge in [0.1, 0.15) is 9.75 Å². The monoisotopic (exact) mass is 618 g/mol. The third kappa shape index (κ3) is 5.40. The Bertz CT molecular complexity index is 1820. The number of nitrogens with zero attached hydrogens (tertiary/aromatic N) is 1. The van der Waals surface area contributed by atoms with Crippen LogP contribution >= 0.6 is 57.5 Å². The molecule has 2 aromatic heterocycles. The van der Waals surface area contributed by atoms with E-state index in [9.17, 15) is 24.5 Å². The van der Waals surface area contributed by atoms with Gasteiger partial charge in [-0.3, -0.25) is 35.3 Å². The van der Waals surface area contributed by atoms with Crippen LogP contribution in [-0.2, 0) is 0 Å². The summed E-state index contributed by atoms with van der Waals surface area (Å²) in [5, 5.41) is 15.9. The lowest BCUT2D eigenvalue weighted by Gasteiger charge is -2.08. The van der Waals surface area contributed by atoms with Crippen LogP contribution in [0.5, 0.6) is 0 Å². The molecule has 0 radical (unpaired) electrons. The fourth-order valence-electron chi connectivity index (χ4n) is 3.63. The number of halogens is 3. The van der Waals surface area contributed by atoms with Crippen LogP contribution in [0.4, 0.5) is 11.4 Å². The van der Waals surface area contributed by atoms with Crippen molar-refractivity contribution in [1.82, 2.24) is 10.9 Å². The van der Waals surface area contributed by atoms with Gasteiger partial charge < -0.3 is 5.32 Å². The third-order valence-electron chi connectivity index (χ3n) is 5.52. The second-order valence-electron chi connectivity index (χ2n) is 8.01. The molecule has 2 heterocycles. The van der Waals surface area contributed by atoms with E-state index in [0.29, 0.717) is 26.2 Å². The highest BCUT2D eigenvalue weighted by Gasteiger charge is 2.20. The number of benzene rings is 3. The summed E-state index contributed by atoms with van der Waals surface area (Å²) in [7, 11) is 0. The van der Waals surface area contributed by atoms with E-state index in [-0.39, 0.29) is 31.1 Å². The Morgan fingerprint density at radius 2 is 1.28 bits per heavy atom. The number of nitro groups is 1. The quantitative estimate of drug-likeness (QED) is 0.140. The molecule has 0 aliphatic heterocycles. The number of amides is 3. The summed E-state index contributed by atoms with van der Waals surface area (Å²) in [4.78, 5) is 48.8. The summed E-state index contributed by atoms with van der Waals surface area (Å²) < 4.78 is 1.24. The van der Waals surface area contributed by atoms with Crippen LogP contribution in [0.3, 0.4) is 0 Å². The largest absolute Gasteiger partial charge is 0.321 e. The highest BCUT2D eigenvalue weighted by atomic mass is 35.5. The van der Waals surface area contributed by atoms with Crippen molar-refractivity contribution in [1.29, 1.82) is 0 Å². The molecule has 0 spiro atoms. The Labute approximate surface area is 242 Å². The van der Waals surface area contributed by atoms with Crippen molar-refractivity contribution in [3.63, 3.8) is 0 Å². The summed E-state index contributed by atoms with van der Waals surface area (Å²) in [5.41, 5.74) is 5.17. The van der Waals surface area contributed by atoms with Gasteiger partial charge in [0.15, 0.2) is 0 Å². The molecule has 0 saturated heterocycles. The zero-order valence-electron chi connectivity index (χ0n) is 19.2. The summed E-state index contributed by atoms with van der Waals surface area (Å²) in [6.45, 7) is 0. The third-order valence-corrected chi connectivity index (χ3v) is 9.07. The number of carbonyl (C=O) groups is 3. The smallest absolute Gasteiger partial charge is 0.281 e. The summed E-state index contributed by atoms with van der Waals surface area (Å²) in [5.74, 6) is -1.68. The van der Waals surface area contributed by atoms with Crippen molar-refractivity contribution in [2.75, 3.05) is 5.32 Å². The summed E-state index contributed by atoms with van der Waals surface area (Å²) >= 11 is 20.8. The van der Waals surface area contributed by atoms with Gasteiger partial charge in [-0.25, -0.2) is 0 Å². The topological polar surface area (TPSA) is 130 Å². The van der Waals surface area contributed by atoms with Crippen molar-refractivity contribution in [3.05, 3.63) is 101 Å². The predicted molar refractivity (Wildman–Crippen MR) is 155 cm³/mol. The van der Waals surface area contributed by atoms with E-state index in [2.05, 4.69) is 16.2 Å². The maximum Gasteiger partial charge on any atom is 0.281 e. The van der Waals surface area contributed by atoms with Crippen LogP contribution < -0.4 is 16.2 Å². The molecule has 0 aliphatic rings. The molecular formula is C25H13Cl3N4O5S2. The molecule has 0 bridgehead atoms. The summed E-state index contributed by atoms with van der Waals surface area (Å²) in [6.07, 6.45) is 0. The Balaban J connectivity index is 1.23. The molecule has 0 unspecified atom stereocenters. The molecule has 196 valence electrons. The van der Waals surface area contributed by atoms with Crippen LogP contribution in [0.15, 0.2) is 60.7 Å². The Kier molecular flexibility index (Phi) is 7.43. The van der Waals surface area contributed by atoms with Crippen LogP contribution in [0, 0.1) is 10.1 Å². The normalized spacial score (nSPS) is 10.9. The second-order valence-corrected chi connectivity index (χ2v) is 11.3. The molecule has 5 rings (SSSR count). The molecule has 3 amide bonds. The minimum Gasteiger partial charge on any atom is -0.321 e. The minimum atomic E-state index is -0.587.